The van der Waals surface area contributed by atoms with Gasteiger partial charge >= 0.3 is 0 Å². The molecule has 3 rings (SSSR count). The predicted octanol–water partition coefficient (Wildman–Crippen LogP) is 4.07. The molecule has 5 nitrogen and oxygen atoms in total. The van der Waals surface area contributed by atoms with Crippen LogP contribution in [0.15, 0.2) is 47.5 Å². The summed E-state index contributed by atoms with van der Waals surface area (Å²) in [6.07, 6.45) is 2.27. The van der Waals surface area contributed by atoms with Gasteiger partial charge in [-0.2, -0.15) is 0 Å². The summed E-state index contributed by atoms with van der Waals surface area (Å²) in [5, 5.41) is 17.4. The monoisotopic (exact) mass is 501 g/mol. The number of aliphatic imine (C=N–C) groups is 1. The van der Waals surface area contributed by atoms with Crippen LogP contribution in [-0.4, -0.2) is 31.8 Å². The van der Waals surface area contributed by atoms with Gasteiger partial charge in [0.15, 0.2) is 5.96 Å². The number of benzene rings is 2. The molecule has 0 saturated heterocycles. The molecule has 0 amide bonds. The van der Waals surface area contributed by atoms with Crippen LogP contribution < -0.4 is 15.4 Å². The lowest BCUT2D eigenvalue weighted by Gasteiger charge is -2.19. The number of hydrogen-bond donors (Lipinski definition) is 3. The minimum absolute atomic E-state index is 0. The smallest absolute Gasteiger partial charge is 0.191 e. The zero-order valence-corrected chi connectivity index (χ0v) is 18.5. The normalized spacial score (nSPS) is 14.9. The molecule has 0 unspecified atom stereocenters. The van der Waals surface area contributed by atoms with Crippen molar-refractivity contribution in [3.05, 3.63) is 58.6 Å². The molecule has 0 spiro atoms. The number of halogens is 2. The van der Waals surface area contributed by atoms with Gasteiger partial charge in [-0.3, -0.25) is 4.99 Å². The molecule has 0 bridgehead atoms. The van der Waals surface area contributed by atoms with Crippen molar-refractivity contribution in [3.63, 3.8) is 0 Å². The molecule has 0 heterocycles. The maximum Gasteiger partial charge on any atom is 0.191 e. The van der Waals surface area contributed by atoms with E-state index in [2.05, 4.69) is 21.7 Å². The van der Waals surface area contributed by atoms with E-state index >= 15 is 0 Å². The van der Waals surface area contributed by atoms with Crippen LogP contribution in [0.4, 0.5) is 0 Å². The molecule has 1 aliphatic rings. The summed E-state index contributed by atoms with van der Waals surface area (Å²) < 4.78 is 5.21. The van der Waals surface area contributed by atoms with Crippen LogP contribution in [0.5, 0.6) is 11.5 Å². The summed E-state index contributed by atoms with van der Waals surface area (Å²) in [5.74, 6) is 1.63. The van der Waals surface area contributed by atoms with Crippen molar-refractivity contribution in [2.45, 2.75) is 24.8 Å². The van der Waals surface area contributed by atoms with Crippen molar-refractivity contribution in [2.24, 2.45) is 4.99 Å². The van der Waals surface area contributed by atoms with Gasteiger partial charge in [0.2, 0.25) is 0 Å². The third-order valence-electron chi connectivity index (χ3n) is 4.84. The number of guanidine groups is 1. The third kappa shape index (κ3) is 5.42. The van der Waals surface area contributed by atoms with Crippen molar-refractivity contribution < 1.29 is 9.84 Å². The minimum atomic E-state index is 0. The van der Waals surface area contributed by atoms with Gasteiger partial charge in [0.25, 0.3) is 0 Å². The fourth-order valence-corrected chi connectivity index (χ4v) is 3.21. The van der Waals surface area contributed by atoms with Gasteiger partial charge in [-0.15, -0.1) is 24.0 Å². The van der Waals surface area contributed by atoms with Gasteiger partial charge in [-0.05, 0) is 48.7 Å². The average Bonchev–Trinajstić information content (AvgIpc) is 3.44. The highest BCUT2D eigenvalue weighted by molar-refractivity contribution is 14.0. The lowest BCUT2D eigenvalue weighted by atomic mass is 9.96. The molecule has 0 aromatic heterocycles. The molecule has 146 valence electrons. The van der Waals surface area contributed by atoms with E-state index < -0.39 is 0 Å². The Morgan fingerprint density at radius 2 is 2.00 bits per heavy atom. The van der Waals surface area contributed by atoms with E-state index in [0.29, 0.717) is 18.3 Å². The maximum atomic E-state index is 9.99. The standard InChI is InChI=1S/C20H24ClN3O2.HI/c1-22-19(23-12-14-10-17(26-2)6-7-18(14)25)24-13-20(8-9-20)15-4-3-5-16(21)11-15;/h3-7,10-11,25H,8-9,12-13H2,1-2H3,(H2,22,23,24);1H. The summed E-state index contributed by atoms with van der Waals surface area (Å²) in [6.45, 7) is 1.24. The number of rotatable bonds is 6. The zero-order chi connectivity index (χ0) is 18.6. The summed E-state index contributed by atoms with van der Waals surface area (Å²) >= 11 is 6.14. The number of ether oxygens (including phenoxy) is 1. The van der Waals surface area contributed by atoms with E-state index in [1.54, 1.807) is 26.3 Å². The first-order valence-electron chi connectivity index (χ1n) is 8.63. The summed E-state index contributed by atoms with van der Waals surface area (Å²) in [7, 11) is 3.34. The average molecular weight is 502 g/mol. The van der Waals surface area contributed by atoms with Crippen LogP contribution in [0.3, 0.4) is 0 Å². The van der Waals surface area contributed by atoms with E-state index in [-0.39, 0.29) is 35.1 Å². The predicted molar refractivity (Wildman–Crippen MR) is 121 cm³/mol. The lowest BCUT2D eigenvalue weighted by molar-refractivity contribution is 0.410. The highest BCUT2D eigenvalue weighted by atomic mass is 127. The third-order valence-corrected chi connectivity index (χ3v) is 5.08. The van der Waals surface area contributed by atoms with E-state index in [1.807, 2.05) is 24.3 Å². The van der Waals surface area contributed by atoms with E-state index in [4.69, 9.17) is 16.3 Å². The van der Waals surface area contributed by atoms with Crippen LogP contribution in [0, 0.1) is 0 Å². The molecule has 0 atom stereocenters. The van der Waals surface area contributed by atoms with Gasteiger partial charge in [0.05, 0.1) is 7.11 Å². The Morgan fingerprint density at radius 1 is 1.22 bits per heavy atom. The Balaban J connectivity index is 0.00000261. The number of phenols is 1. The van der Waals surface area contributed by atoms with Crippen molar-refractivity contribution in [2.75, 3.05) is 20.7 Å². The fourth-order valence-electron chi connectivity index (χ4n) is 3.02. The summed E-state index contributed by atoms with van der Waals surface area (Å²) in [5.41, 5.74) is 2.14. The second-order valence-electron chi connectivity index (χ2n) is 6.56. The SMILES string of the molecule is CN=C(NCc1cc(OC)ccc1O)NCC1(c2cccc(Cl)c2)CC1.I. The maximum absolute atomic E-state index is 9.99. The molecule has 1 fully saturated rings. The number of nitrogens with zero attached hydrogens (tertiary/aromatic N) is 1. The van der Waals surface area contributed by atoms with Crippen LogP contribution >= 0.6 is 35.6 Å². The largest absolute Gasteiger partial charge is 0.508 e. The molecule has 27 heavy (non-hydrogen) atoms. The highest BCUT2D eigenvalue weighted by Crippen LogP contribution is 2.48. The highest BCUT2D eigenvalue weighted by Gasteiger charge is 2.44. The Bertz CT molecular complexity index is 810. The van der Waals surface area contributed by atoms with Gasteiger partial charge in [-0.1, -0.05) is 23.7 Å². The van der Waals surface area contributed by atoms with Crippen molar-refractivity contribution >= 4 is 41.5 Å². The zero-order valence-electron chi connectivity index (χ0n) is 15.5. The van der Waals surface area contributed by atoms with Crippen LogP contribution in [0.25, 0.3) is 0 Å². The van der Waals surface area contributed by atoms with Crippen LogP contribution in [0.1, 0.15) is 24.0 Å². The van der Waals surface area contributed by atoms with E-state index in [1.165, 1.54) is 5.56 Å². The van der Waals surface area contributed by atoms with Gasteiger partial charge in [0, 0.05) is 36.1 Å². The molecule has 2 aromatic carbocycles. The van der Waals surface area contributed by atoms with E-state index in [9.17, 15) is 5.11 Å². The molecule has 0 radical (unpaired) electrons. The van der Waals surface area contributed by atoms with Crippen molar-refractivity contribution in [1.29, 1.82) is 0 Å². The van der Waals surface area contributed by atoms with E-state index in [0.717, 1.165) is 30.0 Å². The molecule has 0 aliphatic heterocycles. The second kappa shape index (κ2) is 9.50. The van der Waals surface area contributed by atoms with Gasteiger partial charge in [0.1, 0.15) is 11.5 Å². The number of hydrogen-bond acceptors (Lipinski definition) is 3. The van der Waals surface area contributed by atoms with Gasteiger partial charge in [-0.25, -0.2) is 0 Å². The Hall–Kier alpha value is -1.67. The number of methoxy groups -OCH3 is 1. The Kier molecular flexibility index (Phi) is 7.61. The molecular weight excluding hydrogens is 477 g/mol. The summed E-state index contributed by atoms with van der Waals surface area (Å²) in [6, 6.07) is 13.2. The first-order valence-corrected chi connectivity index (χ1v) is 9.00. The molecule has 1 aliphatic carbocycles. The fraction of sp³-hybridized carbons (Fsp3) is 0.350. The summed E-state index contributed by atoms with van der Waals surface area (Å²) in [4.78, 5) is 4.27. The molecular formula is C20H25ClIN3O2. The quantitative estimate of drug-likeness (QED) is 0.317. The van der Waals surface area contributed by atoms with Crippen LogP contribution in [0.2, 0.25) is 5.02 Å². The van der Waals surface area contributed by atoms with Crippen LogP contribution in [-0.2, 0) is 12.0 Å². The first kappa shape index (κ1) is 21.6. The number of phenolic OH excluding ortho intramolecular Hbond substituents is 1. The minimum Gasteiger partial charge on any atom is -0.508 e. The molecule has 2 aromatic rings. The Labute approximate surface area is 182 Å². The number of aromatic hydroxyl groups is 1. The van der Waals surface area contributed by atoms with Crippen molar-refractivity contribution in [3.8, 4) is 11.5 Å². The Morgan fingerprint density at radius 3 is 2.63 bits per heavy atom. The molecule has 7 heteroatoms. The van der Waals surface area contributed by atoms with Crippen molar-refractivity contribution in [1.82, 2.24) is 10.6 Å². The van der Waals surface area contributed by atoms with Gasteiger partial charge < -0.3 is 20.5 Å². The number of nitrogens with one attached hydrogen (secondary N) is 2. The first-order chi connectivity index (χ1) is 12.6. The molecule has 1 saturated carbocycles. The molecule has 3 N–H and O–H groups in total. The lowest BCUT2D eigenvalue weighted by Crippen LogP contribution is -2.40. The second-order valence-corrected chi connectivity index (χ2v) is 7.00. The topological polar surface area (TPSA) is 65.9 Å².